The Hall–Kier alpha value is -1.13. The Kier molecular flexibility index (Phi) is 4.96. The average Bonchev–Trinajstić information content (AvgIpc) is 2.82. The van der Waals surface area contributed by atoms with Crippen LogP contribution in [0.2, 0.25) is 0 Å². The Morgan fingerprint density at radius 2 is 2.22 bits per heavy atom. The molecule has 2 aromatic rings. The van der Waals surface area contributed by atoms with Crippen molar-refractivity contribution < 1.29 is 4.42 Å². The molecule has 4 heteroatoms. The third-order valence-electron chi connectivity index (χ3n) is 2.72. The van der Waals surface area contributed by atoms with Crippen LogP contribution in [-0.4, -0.2) is 11.5 Å². The number of aromatic nitrogens is 1. The second-order valence-corrected chi connectivity index (χ2v) is 4.96. The number of halogens is 1. The number of nitrogens with zero attached hydrogens (tertiary/aromatic N) is 1. The second kappa shape index (κ2) is 6.71. The molecular formula is C14H17BrN2O. The molecule has 0 fully saturated rings. The third-order valence-corrected chi connectivity index (χ3v) is 3.14. The van der Waals surface area contributed by atoms with Gasteiger partial charge in [-0.3, -0.25) is 4.98 Å². The summed E-state index contributed by atoms with van der Waals surface area (Å²) in [6.45, 7) is 3.12. The molecule has 1 unspecified atom stereocenters. The predicted molar refractivity (Wildman–Crippen MR) is 75.4 cm³/mol. The molecule has 0 aliphatic heterocycles. The van der Waals surface area contributed by atoms with Crippen LogP contribution < -0.4 is 5.32 Å². The zero-order valence-corrected chi connectivity index (χ0v) is 12.0. The van der Waals surface area contributed by atoms with E-state index in [2.05, 4.69) is 33.2 Å². The highest BCUT2D eigenvalue weighted by Crippen LogP contribution is 2.23. The van der Waals surface area contributed by atoms with Crippen LogP contribution in [0, 0.1) is 0 Å². The molecule has 2 aromatic heterocycles. The van der Waals surface area contributed by atoms with Gasteiger partial charge in [-0.1, -0.05) is 13.0 Å². The number of furan rings is 1. The van der Waals surface area contributed by atoms with Crippen molar-refractivity contribution in [1.29, 1.82) is 0 Å². The minimum absolute atomic E-state index is 0.172. The van der Waals surface area contributed by atoms with Crippen molar-refractivity contribution in [3.8, 4) is 0 Å². The van der Waals surface area contributed by atoms with E-state index in [1.165, 1.54) is 0 Å². The number of rotatable bonds is 6. The Labute approximate surface area is 116 Å². The number of hydrogen-bond acceptors (Lipinski definition) is 3. The highest BCUT2D eigenvalue weighted by molar-refractivity contribution is 9.10. The van der Waals surface area contributed by atoms with Gasteiger partial charge in [0.15, 0.2) is 4.67 Å². The lowest BCUT2D eigenvalue weighted by Crippen LogP contribution is -2.24. The fourth-order valence-electron chi connectivity index (χ4n) is 1.84. The monoisotopic (exact) mass is 308 g/mol. The van der Waals surface area contributed by atoms with Crippen molar-refractivity contribution in [2.24, 2.45) is 0 Å². The van der Waals surface area contributed by atoms with E-state index in [1.807, 2.05) is 36.5 Å². The highest BCUT2D eigenvalue weighted by atomic mass is 79.9. The summed E-state index contributed by atoms with van der Waals surface area (Å²) in [5.74, 6) is 0.945. The summed E-state index contributed by atoms with van der Waals surface area (Å²) in [6, 6.07) is 10.1. The minimum atomic E-state index is 0.172. The van der Waals surface area contributed by atoms with Crippen molar-refractivity contribution in [3.05, 3.63) is 52.7 Å². The molecule has 18 heavy (non-hydrogen) atoms. The molecule has 0 aromatic carbocycles. The van der Waals surface area contributed by atoms with E-state index >= 15 is 0 Å². The molecule has 2 heterocycles. The topological polar surface area (TPSA) is 38.1 Å². The highest BCUT2D eigenvalue weighted by Gasteiger charge is 2.15. The molecule has 0 spiro atoms. The van der Waals surface area contributed by atoms with Gasteiger partial charge in [-0.05, 0) is 53.2 Å². The van der Waals surface area contributed by atoms with Crippen molar-refractivity contribution in [2.75, 3.05) is 6.54 Å². The summed E-state index contributed by atoms with van der Waals surface area (Å²) < 4.78 is 6.41. The van der Waals surface area contributed by atoms with Crippen LogP contribution in [0.15, 0.2) is 45.6 Å². The first-order valence-corrected chi connectivity index (χ1v) is 6.97. The number of hydrogen-bond donors (Lipinski definition) is 1. The van der Waals surface area contributed by atoms with Crippen molar-refractivity contribution in [3.63, 3.8) is 0 Å². The fourth-order valence-corrected chi connectivity index (χ4v) is 2.15. The summed E-state index contributed by atoms with van der Waals surface area (Å²) >= 11 is 3.34. The molecule has 0 saturated heterocycles. The molecule has 0 aliphatic rings. The molecule has 96 valence electrons. The normalized spacial score (nSPS) is 12.6. The lowest BCUT2D eigenvalue weighted by atomic mass is 10.1. The van der Waals surface area contributed by atoms with Gasteiger partial charge in [0, 0.05) is 18.3 Å². The quantitative estimate of drug-likeness (QED) is 0.884. The molecule has 3 nitrogen and oxygen atoms in total. The van der Waals surface area contributed by atoms with E-state index in [0.29, 0.717) is 0 Å². The minimum Gasteiger partial charge on any atom is -0.453 e. The van der Waals surface area contributed by atoms with Gasteiger partial charge in [0.05, 0.1) is 6.04 Å². The summed E-state index contributed by atoms with van der Waals surface area (Å²) in [5, 5.41) is 3.49. The Balaban J connectivity index is 2.10. The van der Waals surface area contributed by atoms with Gasteiger partial charge in [0.2, 0.25) is 0 Å². The fraction of sp³-hybridized carbons (Fsp3) is 0.357. The average molecular weight is 309 g/mol. The molecule has 1 N–H and O–H groups in total. The zero-order chi connectivity index (χ0) is 12.8. The molecule has 0 bridgehead atoms. The van der Waals surface area contributed by atoms with Crippen LogP contribution in [0.5, 0.6) is 0 Å². The third kappa shape index (κ3) is 3.68. The predicted octanol–water partition coefficient (Wildman–Crippen LogP) is 3.72. The van der Waals surface area contributed by atoms with Crippen LogP contribution >= 0.6 is 15.9 Å². The van der Waals surface area contributed by atoms with Crippen molar-refractivity contribution in [1.82, 2.24) is 10.3 Å². The Bertz CT molecular complexity index is 470. The van der Waals surface area contributed by atoms with Gasteiger partial charge < -0.3 is 9.73 Å². The van der Waals surface area contributed by atoms with Gasteiger partial charge in [0.25, 0.3) is 0 Å². The summed E-state index contributed by atoms with van der Waals surface area (Å²) in [7, 11) is 0. The maximum Gasteiger partial charge on any atom is 0.169 e. The lowest BCUT2D eigenvalue weighted by Gasteiger charge is -2.15. The molecular weight excluding hydrogens is 292 g/mol. The van der Waals surface area contributed by atoms with Crippen molar-refractivity contribution in [2.45, 2.75) is 25.8 Å². The van der Waals surface area contributed by atoms with Gasteiger partial charge >= 0.3 is 0 Å². The van der Waals surface area contributed by atoms with Crippen molar-refractivity contribution >= 4 is 15.9 Å². The van der Waals surface area contributed by atoms with Gasteiger partial charge in [-0.2, -0.15) is 0 Å². The van der Waals surface area contributed by atoms with Crippen LogP contribution in [0.1, 0.15) is 30.8 Å². The SMILES string of the molecule is CCCNC(Cc1ccccn1)c1ccc(Br)o1. The molecule has 0 amide bonds. The van der Waals surface area contributed by atoms with E-state index in [4.69, 9.17) is 4.42 Å². The first-order valence-electron chi connectivity index (χ1n) is 6.18. The summed E-state index contributed by atoms with van der Waals surface area (Å²) in [6.07, 6.45) is 3.76. The van der Waals surface area contributed by atoms with E-state index in [1.54, 1.807) is 0 Å². The first kappa shape index (κ1) is 13.3. The molecule has 2 rings (SSSR count). The van der Waals surface area contributed by atoms with Crippen LogP contribution in [-0.2, 0) is 6.42 Å². The van der Waals surface area contributed by atoms with Gasteiger partial charge in [-0.15, -0.1) is 0 Å². The van der Waals surface area contributed by atoms with E-state index < -0.39 is 0 Å². The Morgan fingerprint density at radius 1 is 1.33 bits per heavy atom. The number of nitrogens with one attached hydrogen (secondary N) is 1. The van der Waals surface area contributed by atoms with Crippen LogP contribution in [0.25, 0.3) is 0 Å². The smallest absolute Gasteiger partial charge is 0.169 e. The molecule has 0 saturated carbocycles. The molecule has 1 atom stereocenters. The van der Waals surface area contributed by atoms with Crippen LogP contribution in [0.3, 0.4) is 0 Å². The van der Waals surface area contributed by atoms with E-state index in [9.17, 15) is 0 Å². The largest absolute Gasteiger partial charge is 0.453 e. The molecule has 0 radical (unpaired) electrons. The first-order chi connectivity index (χ1) is 8.79. The summed E-state index contributed by atoms with van der Waals surface area (Å²) in [4.78, 5) is 4.37. The summed E-state index contributed by atoms with van der Waals surface area (Å²) in [5.41, 5.74) is 1.07. The van der Waals surface area contributed by atoms with E-state index in [-0.39, 0.29) is 6.04 Å². The maximum atomic E-state index is 5.64. The van der Waals surface area contributed by atoms with Crippen LogP contribution in [0.4, 0.5) is 0 Å². The van der Waals surface area contributed by atoms with E-state index in [0.717, 1.165) is 35.5 Å². The van der Waals surface area contributed by atoms with Gasteiger partial charge in [0.1, 0.15) is 5.76 Å². The maximum absolute atomic E-state index is 5.64. The zero-order valence-electron chi connectivity index (χ0n) is 10.4. The number of pyridine rings is 1. The second-order valence-electron chi connectivity index (χ2n) is 4.17. The van der Waals surface area contributed by atoms with Gasteiger partial charge in [-0.25, -0.2) is 0 Å². The molecule has 0 aliphatic carbocycles. The standard InChI is InChI=1S/C14H17BrN2O/c1-2-8-17-12(13-6-7-14(15)18-13)10-11-5-3-4-9-16-11/h3-7,9,12,17H,2,8,10H2,1H3. The lowest BCUT2D eigenvalue weighted by molar-refractivity contribution is 0.398. The Morgan fingerprint density at radius 3 is 2.83 bits per heavy atom.